The van der Waals surface area contributed by atoms with Gasteiger partial charge in [-0.3, -0.25) is 0 Å². The second-order valence-electron chi connectivity index (χ2n) is 3.61. The van der Waals surface area contributed by atoms with E-state index in [9.17, 15) is 0 Å². The molecular formula is C12H14ClNOS. The molecule has 0 aliphatic carbocycles. The molecule has 1 aromatic carbocycles. The molecule has 2 rings (SSSR count). The Balaban J connectivity index is 2.57. The van der Waals surface area contributed by atoms with Crippen molar-refractivity contribution in [3.05, 3.63) is 33.7 Å². The summed E-state index contributed by atoms with van der Waals surface area (Å²) in [6.07, 6.45) is 0. The number of nitrogens with one attached hydrogen (secondary N) is 1. The first-order valence-electron chi connectivity index (χ1n) is 5.09. The normalized spacial score (nSPS) is 11.2. The molecule has 1 aromatic heterocycles. The quantitative estimate of drug-likeness (QED) is 0.904. The van der Waals surface area contributed by atoms with Crippen molar-refractivity contribution in [2.45, 2.75) is 13.2 Å². The van der Waals surface area contributed by atoms with Crippen LogP contribution in [0.4, 0.5) is 0 Å². The zero-order valence-corrected chi connectivity index (χ0v) is 10.9. The van der Waals surface area contributed by atoms with Crippen LogP contribution in [0, 0.1) is 0 Å². The van der Waals surface area contributed by atoms with Gasteiger partial charge in [-0.1, -0.05) is 11.6 Å². The number of fused-ring (bicyclic) bond motifs is 1. The van der Waals surface area contributed by atoms with E-state index in [1.54, 1.807) is 18.4 Å². The van der Waals surface area contributed by atoms with Gasteiger partial charge in [0.25, 0.3) is 0 Å². The van der Waals surface area contributed by atoms with Crippen LogP contribution in [0.15, 0.2) is 18.2 Å². The van der Waals surface area contributed by atoms with Crippen LogP contribution in [-0.2, 0) is 17.9 Å². The van der Waals surface area contributed by atoms with Crippen molar-refractivity contribution in [1.82, 2.24) is 5.32 Å². The zero-order valence-electron chi connectivity index (χ0n) is 9.34. The van der Waals surface area contributed by atoms with E-state index in [-0.39, 0.29) is 0 Å². The van der Waals surface area contributed by atoms with Crippen LogP contribution in [0.2, 0.25) is 5.02 Å². The first-order chi connectivity index (χ1) is 7.76. The number of hydrogen-bond acceptors (Lipinski definition) is 3. The lowest BCUT2D eigenvalue weighted by Crippen LogP contribution is -2.05. The second kappa shape index (κ2) is 5.15. The molecule has 1 heterocycles. The summed E-state index contributed by atoms with van der Waals surface area (Å²) < 4.78 is 6.52. The summed E-state index contributed by atoms with van der Waals surface area (Å²) in [7, 11) is 3.67. The minimum absolute atomic E-state index is 0.636. The van der Waals surface area contributed by atoms with Gasteiger partial charge in [0, 0.05) is 33.8 Å². The van der Waals surface area contributed by atoms with Gasteiger partial charge in [0.1, 0.15) is 0 Å². The largest absolute Gasteiger partial charge is 0.380 e. The van der Waals surface area contributed by atoms with Crippen LogP contribution < -0.4 is 5.32 Å². The molecule has 0 amide bonds. The third-order valence-corrected chi connectivity index (χ3v) is 3.91. The minimum atomic E-state index is 0.636. The number of methoxy groups -OCH3 is 1. The van der Waals surface area contributed by atoms with Crippen LogP contribution in [-0.4, -0.2) is 14.2 Å². The van der Waals surface area contributed by atoms with Gasteiger partial charge >= 0.3 is 0 Å². The Hall–Kier alpha value is -0.610. The molecule has 16 heavy (non-hydrogen) atoms. The van der Waals surface area contributed by atoms with Crippen molar-refractivity contribution in [3.63, 3.8) is 0 Å². The average Bonchev–Trinajstić information content (AvgIpc) is 2.58. The summed E-state index contributed by atoms with van der Waals surface area (Å²) in [6.45, 7) is 1.51. The maximum Gasteiger partial charge on any atom is 0.0730 e. The summed E-state index contributed by atoms with van der Waals surface area (Å²) in [5.41, 5.74) is 1.25. The molecule has 0 radical (unpaired) electrons. The van der Waals surface area contributed by atoms with Crippen LogP contribution in [0.5, 0.6) is 0 Å². The van der Waals surface area contributed by atoms with Gasteiger partial charge in [-0.25, -0.2) is 0 Å². The fourth-order valence-electron chi connectivity index (χ4n) is 1.78. The molecule has 0 fully saturated rings. The van der Waals surface area contributed by atoms with Crippen LogP contribution in [0.3, 0.4) is 0 Å². The van der Waals surface area contributed by atoms with E-state index in [4.69, 9.17) is 16.3 Å². The maximum atomic E-state index is 6.03. The standard InChI is InChI=1S/C12H14ClNOS/c1-14-6-12-10(7-15-2)9-5-8(13)3-4-11(9)16-12/h3-5,14H,6-7H2,1-2H3. The molecule has 0 saturated carbocycles. The molecule has 0 saturated heterocycles. The highest BCUT2D eigenvalue weighted by molar-refractivity contribution is 7.19. The fraction of sp³-hybridized carbons (Fsp3) is 0.333. The molecule has 0 aliphatic heterocycles. The van der Waals surface area contributed by atoms with Gasteiger partial charge in [0.15, 0.2) is 0 Å². The van der Waals surface area contributed by atoms with E-state index >= 15 is 0 Å². The third kappa shape index (κ3) is 2.23. The maximum absolute atomic E-state index is 6.03. The molecule has 2 nitrogen and oxygen atoms in total. The van der Waals surface area contributed by atoms with E-state index in [1.165, 1.54) is 20.5 Å². The van der Waals surface area contributed by atoms with Crippen molar-refractivity contribution in [2.24, 2.45) is 0 Å². The Morgan fingerprint density at radius 1 is 1.44 bits per heavy atom. The predicted molar refractivity (Wildman–Crippen MR) is 70.3 cm³/mol. The van der Waals surface area contributed by atoms with Gasteiger partial charge in [0.2, 0.25) is 0 Å². The highest BCUT2D eigenvalue weighted by Gasteiger charge is 2.11. The van der Waals surface area contributed by atoms with Gasteiger partial charge < -0.3 is 10.1 Å². The van der Waals surface area contributed by atoms with Gasteiger partial charge in [0.05, 0.1) is 6.61 Å². The van der Waals surface area contributed by atoms with Crippen molar-refractivity contribution in [3.8, 4) is 0 Å². The Kier molecular flexibility index (Phi) is 3.82. The van der Waals surface area contributed by atoms with E-state index in [0.717, 1.165) is 11.6 Å². The summed E-state index contributed by atoms with van der Waals surface area (Å²) in [5.74, 6) is 0. The van der Waals surface area contributed by atoms with Crippen molar-refractivity contribution < 1.29 is 4.74 Å². The molecule has 0 aliphatic rings. The zero-order chi connectivity index (χ0) is 11.5. The first kappa shape index (κ1) is 11.9. The van der Waals surface area contributed by atoms with E-state index in [1.807, 2.05) is 19.2 Å². The molecule has 1 N–H and O–H groups in total. The molecule has 0 spiro atoms. The topological polar surface area (TPSA) is 21.3 Å². The number of thiophene rings is 1. The first-order valence-corrected chi connectivity index (χ1v) is 6.29. The van der Waals surface area contributed by atoms with Crippen LogP contribution in [0.25, 0.3) is 10.1 Å². The molecular weight excluding hydrogens is 242 g/mol. The van der Waals surface area contributed by atoms with Crippen molar-refractivity contribution in [2.75, 3.05) is 14.2 Å². The number of ether oxygens (including phenoxy) is 1. The highest BCUT2D eigenvalue weighted by atomic mass is 35.5. The molecule has 0 unspecified atom stereocenters. The summed E-state index contributed by atoms with van der Waals surface area (Å²) in [6, 6.07) is 6.02. The lowest BCUT2D eigenvalue weighted by Gasteiger charge is -2.02. The SMILES string of the molecule is CNCc1sc2ccc(Cl)cc2c1COC. The lowest BCUT2D eigenvalue weighted by atomic mass is 10.1. The molecule has 86 valence electrons. The Morgan fingerprint density at radius 3 is 2.94 bits per heavy atom. The molecule has 0 atom stereocenters. The molecule has 4 heteroatoms. The third-order valence-electron chi connectivity index (χ3n) is 2.46. The number of rotatable bonds is 4. The molecule has 0 bridgehead atoms. The van der Waals surface area contributed by atoms with Gasteiger partial charge in [-0.15, -0.1) is 11.3 Å². The minimum Gasteiger partial charge on any atom is -0.380 e. The van der Waals surface area contributed by atoms with E-state index in [2.05, 4.69) is 11.4 Å². The smallest absolute Gasteiger partial charge is 0.0730 e. The monoisotopic (exact) mass is 255 g/mol. The van der Waals surface area contributed by atoms with Crippen molar-refractivity contribution >= 4 is 33.0 Å². The number of hydrogen-bond donors (Lipinski definition) is 1. The van der Waals surface area contributed by atoms with Gasteiger partial charge in [-0.2, -0.15) is 0 Å². The van der Waals surface area contributed by atoms with Gasteiger partial charge in [-0.05, 0) is 30.6 Å². The lowest BCUT2D eigenvalue weighted by molar-refractivity contribution is 0.185. The van der Waals surface area contributed by atoms with Crippen LogP contribution in [0.1, 0.15) is 10.4 Å². The Morgan fingerprint density at radius 2 is 2.25 bits per heavy atom. The average molecular weight is 256 g/mol. The van der Waals surface area contributed by atoms with E-state index < -0.39 is 0 Å². The number of benzene rings is 1. The van der Waals surface area contributed by atoms with Crippen LogP contribution >= 0.6 is 22.9 Å². The fourth-order valence-corrected chi connectivity index (χ4v) is 3.15. The predicted octanol–water partition coefficient (Wildman–Crippen LogP) is 3.42. The molecule has 2 aromatic rings. The summed E-state index contributed by atoms with van der Waals surface area (Å²) >= 11 is 7.82. The summed E-state index contributed by atoms with van der Waals surface area (Å²) in [5, 5.41) is 5.17. The van der Waals surface area contributed by atoms with Crippen molar-refractivity contribution in [1.29, 1.82) is 0 Å². The highest BCUT2D eigenvalue weighted by Crippen LogP contribution is 2.33. The number of halogens is 1. The Bertz CT molecular complexity index is 495. The second-order valence-corrected chi connectivity index (χ2v) is 5.18. The Labute approximate surface area is 104 Å². The van der Waals surface area contributed by atoms with E-state index in [0.29, 0.717) is 6.61 Å². The summed E-state index contributed by atoms with van der Waals surface area (Å²) in [4.78, 5) is 1.32.